The Morgan fingerprint density at radius 3 is 2.87 bits per heavy atom. The lowest BCUT2D eigenvalue weighted by molar-refractivity contribution is 0.0378. The molecule has 3 aromatic rings. The molecule has 0 radical (unpaired) electrons. The van der Waals surface area contributed by atoms with Gasteiger partial charge in [0, 0.05) is 37.9 Å². The molecule has 0 saturated carbocycles. The molecule has 0 atom stereocenters. The number of methoxy groups -OCH3 is 1. The maximum Gasteiger partial charge on any atom is 0.226 e. The summed E-state index contributed by atoms with van der Waals surface area (Å²) in [5, 5.41) is 12.1. The van der Waals surface area contributed by atoms with Crippen molar-refractivity contribution in [1.29, 1.82) is 0 Å². The summed E-state index contributed by atoms with van der Waals surface area (Å²) in [5.74, 6) is 2.12. The average Bonchev–Trinajstić information content (AvgIpc) is 3.21. The van der Waals surface area contributed by atoms with Crippen LogP contribution < -0.4 is 15.4 Å². The number of hydrogen-bond acceptors (Lipinski definition) is 8. The van der Waals surface area contributed by atoms with E-state index < -0.39 is 0 Å². The van der Waals surface area contributed by atoms with Crippen molar-refractivity contribution in [3.05, 3.63) is 30.5 Å². The minimum Gasteiger partial charge on any atom is -0.497 e. The monoisotopic (exact) mass is 411 g/mol. The Hall–Kier alpha value is -2.91. The van der Waals surface area contributed by atoms with E-state index in [1.165, 1.54) is 0 Å². The van der Waals surface area contributed by atoms with E-state index in [2.05, 4.69) is 27.6 Å². The normalized spacial score (nSPS) is 14.7. The first-order valence-electron chi connectivity index (χ1n) is 10.5. The second kappa shape index (κ2) is 9.73. The van der Waals surface area contributed by atoms with Gasteiger partial charge >= 0.3 is 0 Å². The number of fused-ring (bicyclic) bond motifs is 1. The molecular formula is C21H29N7O2. The molecule has 2 N–H and O–H groups in total. The summed E-state index contributed by atoms with van der Waals surface area (Å²) >= 11 is 0. The first-order valence-corrected chi connectivity index (χ1v) is 10.5. The van der Waals surface area contributed by atoms with Gasteiger partial charge in [0.15, 0.2) is 5.65 Å². The Kier molecular flexibility index (Phi) is 6.60. The van der Waals surface area contributed by atoms with Gasteiger partial charge in [0.2, 0.25) is 5.95 Å². The number of ether oxygens (including phenoxy) is 2. The van der Waals surface area contributed by atoms with E-state index in [1.807, 2.05) is 35.1 Å². The summed E-state index contributed by atoms with van der Waals surface area (Å²) in [5.41, 5.74) is 1.71. The molecule has 2 aromatic heterocycles. The van der Waals surface area contributed by atoms with Crippen molar-refractivity contribution in [3.8, 4) is 5.75 Å². The van der Waals surface area contributed by atoms with E-state index in [9.17, 15) is 0 Å². The predicted molar refractivity (Wildman–Crippen MR) is 118 cm³/mol. The minimum absolute atomic E-state index is 0.602. The Bertz CT molecular complexity index is 969. The highest BCUT2D eigenvalue weighted by Crippen LogP contribution is 2.27. The number of anilines is 3. The Balaban J connectivity index is 1.49. The van der Waals surface area contributed by atoms with Crippen molar-refractivity contribution < 1.29 is 9.47 Å². The molecule has 1 aliphatic heterocycles. The number of hydrogen-bond donors (Lipinski definition) is 2. The molecule has 4 rings (SSSR count). The van der Waals surface area contributed by atoms with Gasteiger partial charge in [0.25, 0.3) is 0 Å². The molecule has 1 fully saturated rings. The molecule has 1 aromatic carbocycles. The van der Waals surface area contributed by atoms with Crippen LogP contribution in [0.5, 0.6) is 5.75 Å². The highest BCUT2D eigenvalue weighted by atomic mass is 16.5. The second-order valence-corrected chi connectivity index (χ2v) is 7.18. The number of nitrogens with zero attached hydrogens (tertiary/aromatic N) is 5. The van der Waals surface area contributed by atoms with Crippen LogP contribution in [-0.2, 0) is 11.3 Å². The van der Waals surface area contributed by atoms with Crippen LogP contribution in [0.3, 0.4) is 0 Å². The number of benzene rings is 1. The maximum absolute atomic E-state index is 5.41. The number of morpholine rings is 1. The SMILES string of the molecule is CCn1ncc2c(Nc3cccc(OC)c3)nc(NCCCN3CCOCC3)nc21. The van der Waals surface area contributed by atoms with Crippen LogP contribution in [0.1, 0.15) is 13.3 Å². The van der Waals surface area contributed by atoms with Crippen molar-refractivity contribution in [2.75, 3.05) is 57.1 Å². The molecule has 3 heterocycles. The van der Waals surface area contributed by atoms with Crippen LogP contribution in [0.15, 0.2) is 30.5 Å². The van der Waals surface area contributed by atoms with Gasteiger partial charge in [-0.15, -0.1) is 0 Å². The van der Waals surface area contributed by atoms with E-state index in [1.54, 1.807) is 7.11 Å². The van der Waals surface area contributed by atoms with E-state index in [4.69, 9.17) is 19.4 Å². The van der Waals surface area contributed by atoms with Crippen molar-refractivity contribution in [2.45, 2.75) is 19.9 Å². The van der Waals surface area contributed by atoms with Crippen molar-refractivity contribution in [2.24, 2.45) is 0 Å². The molecule has 160 valence electrons. The Morgan fingerprint density at radius 2 is 2.07 bits per heavy atom. The minimum atomic E-state index is 0.602. The molecule has 0 bridgehead atoms. The first-order chi connectivity index (χ1) is 14.8. The van der Waals surface area contributed by atoms with Gasteiger partial charge in [-0.3, -0.25) is 4.90 Å². The summed E-state index contributed by atoms with van der Waals surface area (Å²) in [4.78, 5) is 11.9. The van der Waals surface area contributed by atoms with Crippen LogP contribution in [-0.4, -0.2) is 71.2 Å². The summed E-state index contributed by atoms with van der Waals surface area (Å²) in [6.45, 7) is 8.32. The molecule has 0 aliphatic carbocycles. The van der Waals surface area contributed by atoms with Crippen molar-refractivity contribution in [3.63, 3.8) is 0 Å². The van der Waals surface area contributed by atoms with Crippen molar-refractivity contribution in [1.82, 2.24) is 24.6 Å². The summed E-state index contributed by atoms with van der Waals surface area (Å²) in [6, 6.07) is 7.78. The van der Waals surface area contributed by atoms with Gasteiger partial charge in [-0.05, 0) is 32.0 Å². The Labute approximate surface area is 176 Å². The molecule has 1 aliphatic rings. The number of aryl methyl sites for hydroxylation is 1. The largest absolute Gasteiger partial charge is 0.497 e. The Morgan fingerprint density at radius 1 is 1.20 bits per heavy atom. The van der Waals surface area contributed by atoms with Gasteiger partial charge in [0.1, 0.15) is 11.6 Å². The molecule has 0 spiro atoms. The van der Waals surface area contributed by atoms with Crippen LogP contribution >= 0.6 is 0 Å². The zero-order chi connectivity index (χ0) is 20.8. The van der Waals surface area contributed by atoms with Crippen LogP contribution in [0.25, 0.3) is 11.0 Å². The average molecular weight is 412 g/mol. The van der Waals surface area contributed by atoms with E-state index in [-0.39, 0.29) is 0 Å². The molecule has 30 heavy (non-hydrogen) atoms. The van der Waals surface area contributed by atoms with Crippen LogP contribution in [0, 0.1) is 0 Å². The quantitative estimate of drug-likeness (QED) is 0.520. The number of rotatable bonds is 9. The number of nitrogens with one attached hydrogen (secondary N) is 2. The zero-order valence-electron chi connectivity index (χ0n) is 17.6. The molecule has 0 amide bonds. The second-order valence-electron chi connectivity index (χ2n) is 7.18. The lowest BCUT2D eigenvalue weighted by Crippen LogP contribution is -2.37. The smallest absolute Gasteiger partial charge is 0.226 e. The fraction of sp³-hybridized carbons (Fsp3) is 0.476. The fourth-order valence-corrected chi connectivity index (χ4v) is 3.53. The molecule has 1 saturated heterocycles. The molecule has 9 heteroatoms. The molecular weight excluding hydrogens is 382 g/mol. The summed E-state index contributed by atoms with van der Waals surface area (Å²) in [7, 11) is 1.66. The molecule has 9 nitrogen and oxygen atoms in total. The van der Waals surface area contributed by atoms with Crippen molar-refractivity contribution >= 4 is 28.5 Å². The van der Waals surface area contributed by atoms with Crippen LogP contribution in [0.2, 0.25) is 0 Å². The van der Waals surface area contributed by atoms with Gasteiger partial charge < -0.3 is 20.1 Å². The van der Waals surface area contributed by atoms with Gasteiger partial charge in [-0.25, -0.2) is 4.68 Å². The predicted octanol–water partition coefficient (Wildman–Crippen LogP) is 2.73. The maximum atomic E-state index is 5.41. The fourth-order valence-electron chi connectivity index (χ4n) is 3.53. The van der Waals surface area contributed by atoms with Crippen LogP contribution in [0.4, 0.5) is 17.5 Å². The van der Waals surface area contributed by atoms with E-state index in [0.717, 1.165) is 80.6 Å². The van der Waals surface area contributed by atoms with Gasteiger partial charge in [-0.2, -0.15) is 15.1 Å². The first kappa shape index (κ1) is 20.4. The lowest BCUT2D eigenvalue weighted by atomic mass is 10.3. The topological polar surface area (TPSA) is 89.4 Å². The zero-order valence-corrected chi connectivity index (χ0v) is 17.6. The third kappa shape index (κ3) is 4.80. The highest BCUT2D eigenvalue weighted by Gasteiger charge is 2.14. The van der Waals surface area contributed by atoms with E-state index >= 15 is 0 Å². The summed E-state index contributed by atoms with van der Waals surface area (Å²) < 4.78 is 12.6. The van der Waals surface area contributed by atoms with E-state index in [0.29, 0.717) is 5.95 Å². The highest BCUT2D eigenvalue weighted by molar-refractivity contribution is 5.89. The lowest BCUT2D eigenvalue weighted by Gasteiger charge is -2.26. The third-order valence-corrected chi connectivity index (χ3v) is 5.17. The standard InChI is InChI=1S/C21H29N7O2/c1-3-28-20-18(15-23-28)19(24-16-6-4-7-17(14-16)29-2)25-21(26-20)22-8-5-9-27-10-12-30-13-11-27/h4,6-7,14-15H,3,5,8-13H2,1-2H3,(H2,22,24,25,26). The van der Waals surface area contributed by atoms with Gasteiger partial charge in [0.05, 0.1) is 31.9 Å². The number of aromatic nitrogens is 4. The summed E-state index contributed by atoms with van der Waals surface area (Å²) in [6.07, 6.45) is 2.83. The third-order valence-electron chi connectivity index (χ3n) is 5.17. The molecule has 0 unspecified atom stereocenters. The van der Waals surface area contributed by atoms with Gasteiger partial charge in [-0.1, -0.05) is 6.07 Å².